The third-order valence-corrected chi connectivity index (χ3v) is 3.66. The van der Waals surface area contributed by atoms with Gasteiger partial charge < -0.3 is 11.1 Å². The SMILES string of the molecule is CCCC(N)C(=O)N[C@@H](C)C1CCCCC1. The third kappa shape index (κ3) is 4.12. The zero-order valence-electron chi connectivity index (χ0n) is 10.7. The van der Waals surface area contributed by atoms with Crippen LogP contribution in [0.15, 0.2) is 0 Å². The van der Waals surface area contributed by atoms with E-state index in [0.29, 0.717) is 5.92 Å². The fourth-order valence-electron chi connectivity index (χ4n) is 2.53. The van der Waals surface area contributed by atoms with Crippen LogP contribution in [0, 0.1) is 5.92 Å². The summed E-state index contributed by atoms with van der Waals surface area (Å²) in [6.07, 6.45) is 8.23. The summed E-state index contributed by atoms with van der Waals surface area (Å²) < 4.78 is 0. The van der Waals surface area contributed by atoms with E-state index in [1.807, 2.05) is 0 Å². The van der Waals surface area contributed by atoms with Gasteiger partial charge in [0.25, 0.3) is 0 Å². The van der Waals surface area contributed by atoms with Gasteiger partial charge in [0.15, 0.2) is 0 Å². The molecule has 1 aliphatic carbocycles. The third-order valence-electron chi connectivity index (χ3n) is 3.66. The molecule has 0 radical (unpaired) electrons. The van der Waals surface area contributed by atoms with Gasteiger partial charge in [0.2, 0.25) is 5.91 Å². The molecule has 0 aromatic heterocycles. The molecule has 0 bridgehead atoms. The molecule has 0 saturated heterocycles. The van der Waals surface area contributed by atoms with Crippen molar-refractivity contribution in [2.45, 2.75) is 70.9 Å². The summed E-state index contributed by atoms with van der Waals surface area (Å²) in [6, 6.07) is -0.0354. The van der Waals surface area contributed by atoms with E-state index in [1.54, 1.807) is 0 Å². The van der Waals surface area contributed by atoms with Crippen LogP contribution in [-0.4, -0.2) is 18.0 Å². The van der Waals surface area contributed by atoms with Crippen LogP contribution < -0.4 is 11.1 Å². The zero-order chi connectivity index (χ0) is 12.0. The second-order valence-electron chi connectivity index (χ2n) is 5.09. The van der Waals surface area contributed by atoms with E-state index < -0.39 is 0 Å². The van der Waals surface area contributed by atoms with Crippen molar-refractivity contribution in [3.05, 3.63) is 0 Å². The van der Waals surface area contributed by atoms with Crippen LogP contribution in [0.4, 0.5) is 0 Å². The molecule has 3 heteroatoms. The van der Waals surface area contributed by atoms with Gasteiger partial charge in [-0.2, -0.15) is 0 Å². The van der Waals surface area contributed by atoms with Crippen molar-refractivity contribution in [2.75, 3.05) is 0 Å². The van der Waals surface area contributed by atoms with Gasteiger partial charge in [-0.1, -0.05) is 32.6 Å². The Bertz CT molecular complexity index is 212. The maximum absolute atomic E-state index is 11.7. The van der Waals surface area contributed by atoms with E-state index in [-0.39, 0.29) is 18.0 Å². The van der Waals surface area contributed by atoms with Crippen molar-refractivity contribution >= 4 is 5.91 Å². The lowest BCUT2D eigenvalue weighted by molar-refractivity contribution is -0.123. The lowest BCUT2D eigenvalue weighted by Crippen LogP contribution is -2.47. The first-order valence-electron chi connectivity index (χ1n) is 6.71. The summed E-state index contributed by atoms with van der Waals surface area (Å²) >= 11 is 0. The Kier molecular flexibility index (Phi) is 5.81. The lowest BCUT2D eigenvalue weighted by Gasteiger charge is -2.29. The van der Waals surface area contributed by atoms with E-state index in [9.17, 15) is 4.79 Å². The summed E-state index contributed by atoms with van der Waals surface area (Å²) in [7, 11) is 0. The summed E-state index contributed by atoms with van der Waals surface area (Å²) in [5.41, 5.74) is 5.79. The van der Waals surface area contributed by atoms with Gasteiger partial charge in [-0.15, -0.1) is 0 Å². The van der Waals surface area contributed by atoms with Gasteiger partial charge in [0, 0.05) is 6.04 Å². The van der Waals surface area contributed by atoms with Crippen LogP contribution in [0.2, 0.25) is 0 Å². The zero-order valence-corrected chi connectivity index (χ0v) is 10.7. The molecule has 0 heterocycles. The largest absolute Gasteiger partial charge is 0.352 e. The number of nitrogens with one attached hydrogen (secondary N) is 1. The maximum atomic E-state index is 11.7. The van der Waals surface area contributed by atoms with Crippen molar-refractivity contribution in [1.82, 2.24) is 5.32 Å². The molecule has 1 amide bonds. The number of carbonyl (C=O) groups is 1. The molecule has 94 valence electrons. The van der Waals surface area contributed by atoms with Gasteiger partial charge >= 0.3 is 0 Å². The molecule has 0 aromatic rings. The molecule has 0 aliphatic heterocycles. The van der Waals surface area contributed by atoms with Crippen LogP contribution in [0.3, 0.4) is 0 Å². The minimum absolute atomic E-state index is 0.0277. The van der Waals surface area contributed by atoms with Crippen LogP contribution in [0.1, 0.15) is 58.8 Å². The Morgan fingerprint density at radius 1 is 1.38 bits per heavy atom. The number of hydrogen-bond donors (Lipinski definition) is 2. The standard InChI is InChI=1S/C13H26N2O/c1-3-7-12(14)13(16)15-10(2)11-8-5-4-6-9-11/h10-12H,3-9,14H2,1-2H3,(H,15,16)/t10-,12?/m0/s1. The number of hydrogen-bond acceptors (Lipinski definition) is 2. The Morgan fingerprint density at radius 3 is 2.56 bits per heavy atom. The summed E-state index contributed by atoms with van der Waals surface area (Å²) in [6.45, 7) is 4.17. The van der Waals surface area contributed by atoms with E-state index in [2.05, 4.69) is 19.2 Å². The predicted molar refractivity (Wildman–Crippen MR) is 67.1 cm³/mol. The maximum Gasteiger partial charge on any atom is 0.237 e. The molecule has 0 aromatic carbocycles. The smallest absolute Gasteiger partial charge is 0.237 e. The van der Waals surface area contributed by atoms with E-state index in [0.717, 1.165) is 12.8 Å². The number of carbonyl (C=O) groups excluding carboxylic acids is 1. The predicted octanol–water partition coefficient (Wildman–Crippen LogP) is 2.20. The number of amides is 1. The first-order valence-corrected chi connectivity index (χ1v) is 6.71. The van der Waals surface area contributed by atoms with Crippen LogP contribution in [-0.2, 0) is 4.79 Å². The molecule has 16 heavy (non-hydrogen) atoms. The Balaban J connectivity index is 2.31. The molecule has 1 fully saturated rings. The lowest BCUT2D eigenvalue weighted by atomic mass is 9.84. The summed E-state index contributed by atoms with van der Waals surface area (Å²) in [4.78, 5) is 11.7. The number of nitrogens with two attached hydrogens (primary N) is 1. The van der Waals surface area contributed by atoms with Gasteiger partial charge in [-0.3, -0.25) is 4.79 Å². The second kappa shape index (κ2) is 6.89. The fourth-order valence-corrected chi connectivity index (χ4v) is 2.53. The summed E-state index contributed by atoms with van der Waals surface area (Å²) in [5, 5.41) is 3.07. The van der Waals surface area contributed by atoms with Crippen molar-refractivity contribution in [2.24, 2.45) is 11.7 Å². The Morgan fingerprint density at radius 2 is 2.00 bits per heavy atom. The van der Waals surface area contributed by atoms with E-state index >= 15 is 0 Å². The molecule has 0 spiro atoms. The van der Waals surface area contributed by atoms with Crippen molar-refractivity contribution in [1.29, 1.82) is 0 Å². The minimum Gasteiger partial charge on any atom is -0.352 e. The average molecular weight is 226 g/mol. The summed E-state index contributed by atoms with van der Waals surface area (Å²) in [5.74, 6) is 0.687. The molecule has 1 rings (SSSR count). The second-order valence-corrected chi connectivity index (χ2v) is 5.09. The van der Waals surface area contributed by atoms with Crippen LogP contribution in [0.25, 0.3) is 0 Å². The molecular formula is C13H26N2O. The highest BCUT2D eigenvalue weighted by atomic mass is 16.2. The molecule has 1 aliphatic rings. The van der Waals surface area contributed by atoms with Gasteiger partial charge in [-0.05, 0) is 32.1 Å². The Hall–Kier alpha value is -0.570. The van der Waals surface area contributed by atoms with Gasteiger partial charge in [0.1, 0.15) is 0 Å². The molecule has 1 unspecified atom stereocenters. The highest BCUT2D eigenvalue weighted by molar-refractivity contribution is 5.81. The van der Waals surface area contributed by atoms with Crippen molar-refractivity contribution in [3.63, 3.8) is 0 Å². The van der Waals surface area contributed by atoms with Gasteiger partial charge in [0.05, 0.1) is 6.04 Å². The van der Waals surface area contributed by atoms with Crippen molar-refractivity contribution < 1.29 is 4.79 Å². The van der Waals surface area contributed by atoms with Crippen molar-refractivity contribution in [3.8, 4) is 0 Å². The normalized spacial score (nSPS) is 21.4. The molecule has 3 N–H and O–H groups in total. The molecular weight excluding hydrogens is 200 g/mol. The van der Waals surface area contributed by atoms with Crippen LogP contribution >= 0.6 is 0 Å². The first-order chi connectivity index (χ1) is 7.65. The highest BCUT2D eigenvalue weighted by Crippen LogP contribution is 2.26. The quantitative estimate of drug-likeness (QED) is 0.755. The van der Waals surface area contributed by atoms with E-state index in [4.69, 9.17) is 5.73 Å². The number of rotatable bonds is 5. The molecule has 1 saturated carbocycles. The highest BCUT2D eigenvalue weighted by Gasteiger charge is 2.23. The first kappa shape index (κ1) is 13.5. The Labute approximate surface area is 99.2 Å². The fraction of sp³-hybridized carbons (Fsp3) is 0.923. The van der Waals surface area contributed by atoms with E-state index in [1.165, 1.54) is 32.1 Å². The molecule has 3 nitrogen and oxygen atoms in total. The average Bonchev–Trinajstić information content (AvgIpc) is 2.30. The van der Waals surface area contributed by atoms with Gasteiger partial charge in [-0.25, -0.2) is 0 Å². The minimum atomic E-state index is -0.323. The monoisotopic (exact) mass is 226 g/mol. The molecule has 2 atom stereocenters. The van der Waals surface area contributed by atoms with Crippen LogP contribution in [0.5, 0.6) is 0 Å². The topological polar surface area (TPSA) is 55.1 Å².